The molecule has 5 aliphatic rings. The van der Waals surface area contributed by atoms with Crippen molar-refractivity contribution in [2.75, 3.05) is 0 Å². The van der Waals surface area contributed by atoms with E-state index >= 15 is 0 Å². The van der Waals surface area contributed by atoms with Crippen LogP contribution in [0.1, 0.15) is 77.6 Å². The number of esters is 1. The van der Waals surface area contributed by atoms with Gasteiger partial charge in [-0.25, -0.2) is 0 Å². The fourth-order valence-electron chi connectivity index (χ4n) is 6.35. The normalized spacial score (nSPS) is 43.2. The molecule has 4 bridgehead atoms. The standard InChI is InChI=1S/C20H28O4/c1-13(21)4-6-20(5-2-3-17(20)22)18(23)24-19-10-14-7-15(11-19)9-16(8-14)12-19/h14-16H,2-12H2,1H3/t14?,15?,16?,19?,20-/m1/s1. The Bertz CT molecular complexity index is 543. The predicted octanol–water partition coefficient (Wildman–Crippen LogP) is 3.61. The van der Waals surface area contributed by atoms with Gasteiger partial charge in [-0.1, -0.05) is 0 Å². The van der Waals surface area contributed by atoms with Crippen LogP contribution in [0.5, 0.6) is 0 Å². The Morgan fingerprint density at radius 3 is 2.12 bits per heavy atom. The number of ether oxygens (including phenoxy) is 1. The lowest BCUT2D eigenvalue weighted by Crippen LogP contribution is -2.54. The van der Waals surface area contributed by atoms with Gasteiger partial charge < -0.3 is 9.53 Å². The smallest absolute Gasteiger partial charge is 0.320 e. The summed E-state index contributed by atoms with van der Waals surface area (Å²) in [6.45, 7) is 1.53. The van der Waals surface area contributed by atoms with Gasteiger partial charge in [0.2, 0.25) is 0 Å². The summed E-state index contributed by atoms with van der Waals surface area (Å²) in [6.07, 6.45) is 9.24. The molecule has 0 N–H and O–H groups in total. The van der Waals surface area contributed by atoms with Gasteiger partial charge in [0.15, 0.2) is 0 Å². The van der Waals surface area contributed by atoms with Crippen LogP contribution in [-0.4, -0.2) is 23.1 Å². The molecule has 5 rings (SSSR count). The third-order valence-electron chi connectivity index (χ3n) is 7.13. The van der Waals surface area contributed by atoms with Crippen molar-refractivity contribution in [2.45, 2.75) is 83.2 Å². The zero-order valence-electron chi connectivity index (χ0n) is 14.6. The van der Waals surface area contributed by atoms with Crippen molar-refractivity contribution in [1.82, 2.24) is 0 Å². The lowest BCUT2D eigenvalue weighted by molar-refractivity contribution is -0.197. The fourth-order valence-corrected chi connectivity index (χ4v) is 6.35. The molecule has 0 radical (unpaired) electrons. The maximum atomic E-state index is 13.1. The maximum absolute atomic E-state index is 13.1. The molecule has 0 heterocycles. The average Bonchev–Trinajstić information content (AvgIpc) is 2.85. The van der Waals surface area contributed by atoms with Crippen molar-refractivity contribution in [3.8, 4) is 0 Å². The Labute approximate surface area is 143 Å². The highest BCUT2D eigenvalue weighted by atomic mass is 16.6. The summed E-state index contributed by atoms with van der Waals surface area (Å²) in [6, 6.07) is 0. The second-order valence-corrected chi connectivity index (χ2v) is 9.05. The van der Waals surface area contributed by atoms with Gasteiger partial charge in [0, 0.05) is 12.8 Å². The molecule has 0 aliphatic heterocycles. The van der Waals surface area contributed by atoms with E-state index in [1.165, 1.54) is 26.2 Å². The van der Waals surface area contributed by atoms with Gasteiger partial charge in [-0.15, -0.1) is 0 Å². The van der Waals surface area contributed by atoms with Gasteiger partial charge in [-0.2, -0.15) is 0 Å². The summed E-state index contributed by atoms with van der Waals surface area (Å²) in [7, 11) is 0. The fraction of sp³-hybridized carbons (Fsp3) is 0.850. The number of Topliss-reactive ketones (excluding diaryl/α,β-unsaturated/α-hetero) is 2. The van der Waals surface area contributed by atoms with Crippen LogP contribution in [0, 0.1) is 23.2 Å². The Kier molecular flexibility index (Phi) is 3.85. The zero-order valence-corrected chi connectivity index (χ0v) is 14.6. The van der Waals surface area contributed by atoms with Crippen LogP contribution in [0.3, 0.4) is 0 Å². The molecule has 0 unspecified atom stereocenters. The number of carbonyl (C=O) groups excluding carboxylic acids is 3. The van der Waals surface area contributed by atoms with Crippen LogP contribution in [-0.2, 0) is 19.1 Å². The molecule has 0 spiro atoms. The van der Waals surface area contributed by atoms with Crippen molar-refractivity contribution in [2.24, 2.45) is 23.2 Å². The number of rotatable bonds is 5. The number of carbonyl (C=O) groups is 3. The van der Waals surface area contributed by atoms with Gasteiger partial charge in [0.25, 0.3) is 0 Å². The number of hydrogen-bond acceptors (Lipinski definition) is 4. The summed E-state index contributed by atoms with van der Waals surface area (Å²) in [5.41, 5.74) is -1.34. The third kappa shape index (κ3) is 2.62. The lowest BCUT2D eigenvalue weighted by atomic mass is 9.54. The molecule has 5 saturated carbocycles. The van der Waals surface area contributed by atoms with Gasteiger partial charge in [0.05, 0.1) is 0 Å². The van der Waals surface area contributed by atoms with Gasteiger partial charge in [-0.3, -0.25) is 9.59 Å². The zero-order chi connectivity index (χ0) is 16.9. The third-order valence-corrected chi connectivity index (χ3v) is 7.13. The highest BCUT2D eigenvalue weighted by Crippen LogP contribution is 2.58. The van der Waals surface area contributed by atoms with Gasteiger partial charge in [-0.05, 0) is 82.5 Å². The second kappa shape index (κ2) is 5.67. The van der Waals surface area contributed by atoms with Crippen LogP contribution < -0.4 is 0 Å². The Hall–Kier alpha value is -1.19. The van der Waals surface area contributed by atoms with Crippen molar-refractivity contribution < 1.29 is 19.1 Å². The quantitative estimate of drug-likeness (QED) is 0.570. The van der Waals surface area contributed by atoms with Crippen LogP contribution in [0.2, 0.25) is 0 Å². The van der Waals surface area contributed by atoms with Crippen LogP contribution in [0.4, 0.5) is 0 Å². The summed E-state index contributed by atoms with van der Waals surface area (Å²) in [4.78, 5) is 37.1. The largest absolute Gasteiger partial charge is 0.458 e. The van der Waals surface area contributed by atoms with Crippen molar-refractivity contribution in [1.29, 1.82) is 0 Å². The predicted molar refractivity (Wildman–Crippen MR) is 88.2 cm³/mol. The molecule has 0 amide bonds. The molecular weight excluding hydrogens is 304 g/mol. The van der Waals surface area contributed by atoms with E-state index in [1.807, 2.05) is 0 Å². The van der Waals surface area contributed by atoms with E-state index < -0.39 is 5.41 Å². The number of hydrogen-bond donors (Lipinski definition) is 0. The monoisotopic (exact) mass is 332 g/mol. The topological polar surface area (TPSA) is 60.4 Å². The molecule has 1 atom stereocenters. The summed E-state index contributed by atoms with van der Waals surface area (Å²) < 4.78 is 6.17. The summed E-state index contributed by atoms with van der Waals surface area (Å²) in [5.74, 6) is 1.84. The first kappa shape index (κ1) is 16.3. The van der Waals surface area contributed by atoms with Crippen molar-refractivity contribution >= 4 is 17.5 Å². The molecule has 5 aliphatic carbocycles. The van der Waals surface area contributed by atoms with E-state index in [9.17, 15) is 14.4 Å². The highest BCUT2D eigenvalue weighted by Gasteiger charge is 2.57. The Morgan fingerprint density at radius 2 is 1.67 bits per heavy atom. The van der Waals surface area contributed by atoms with E-state index in [0.29, 0.717) is 43.4 Å². The summed E-state index contributed by atoms with van der Waals surface area (Å²) in [5, 5.41) is 0. The Morgan fingerprint density at radius 1 is 1.08 bits per heavy atom. The number of ketones is 2. The highest BCUT2D eigenvalue weighted by molar-refractivity contribution is 6.05. The summed E-state index contributed by atoms with van der Waals surface area (Å²) >= 11 is 0. The Balaban J connectivity index is 1.53. The van der Waals surface area contributed by atoms with E-state index in [-0.39, 0.29) is 23.1 Å². The maximum Gasteiger partial charge on any atom is 0.320 e. The van der Waals surface area contributed by atoms with Crippen molar-refractivity contribution in [3.63, 3.8) is 0 Å². The van der Waals surface area contributed by atoms with Gasteiger partial charge >= 0.3 is 5.97 Å². The second-order valence-electron chi connectivity index (χ2n) is 9.05. The minimum atomic E-state index is -1.03. The van der Waals surface area contributed by atoms with Gasteiger partial charge in [0.1, 0.15) is 22.6 Å². The lowest BCUT2D eigenvalue weighted by Gasteiger charge is -2.56. The molecule has 4 heteroatoms. The minimum absolute atomic E-state index is 0.00141. The van der Waals surface area contributed by atoms with Crippen molar-refractivity contribution in [3.05, 3.63) is 0 Å². The van der Waals surface area contributed by atoms with E-state index in [4.69, 9.17) is 4.74 Å². The van der Waals surface area contributed by atoms with E-state index in [2.05, 4.69) is 0 Å². The van der Waals surface area contributed by atoms with Crippen LogP contribution >= 0.6 is 0 Å². The molecule has 0 aromatic carbocycles. The van der Waals surface area contributed by atoms with Crippen LogP contribution in [0.25, 0.3) is 0 Å². The molecule has 24 heavy (non-hydrogen) atoms. The molecule has 0 saturated heterocycles. The molecule has 4 nitrogen and oxygen atoms in total. The van der Waals surface area contributed by atoms with Crippen LogP contribution in [0.15, 0.2) is 0 Å². The molecule has 0 aromatic rings. The first-order valence-electron chi connectivity index (χ1n) is 9.67. The van der Waals surface area contributed by atoms with E-state index in [1.54, 1.807) is 0 Å². The molecule has 0 aromatic heterocycles. The minimum Gasteiger partial charge on any atom is -0.458 e. The first-order valence-corrected chi connectivity index (χ1v) is 9.67. The first-order chi connectivity index (χ1) is 11.4. The average molecular weight is 332 g/mol. The SMILES string of the molecule is CC(=O)CC[C@]1(C(=O)OC23CC4CC(CC(C4)C2)C3)CCCC1=O. The molecule has 5 fully saturated rings. The molecular formula is C20H28O4. The van der Waals surface area contributed by atoms with E-state index in [0.717, 1.165) is 25.7 Å². The molecule has 132 valence electrons.